The number of rotatable bonds is 4. The Balaban J connectivity index is 1.98. The summed E-state index contributed by atoms with van der Waals surface area (Å²) in [5.41, 5.74) is 6.32. The first-order valence-corrected chi connectivity index (χ1v) is 7.24. The number of hydrogen-bond acceptors (Lipinski definition) is 6. The zero-order chi connectivity index (χ0) is 15.0. The SMILES string of the molecule is COC(=O)c1cc(N)ccc1Sc1n[nH]c(=O)n1C1CC1. The lowest BCUT2D eigenvalue weighted by Gasteiger charge is -2.08. The number of aromatic amines is 1. The Hall–Kier alpha value is -2.22. The number of benzene rings is 1. The molecular weight excluding hydrogens is 292 g/mol. The van der Waals surface area contributed by atoms with E-state index in [2.05, 4.69) is 10.2 Å². The second-order valence-electron chi connectivity index (χ2n) is 4.76. The van der Waals surface area contributed by atoms with Gasteiger partial charge in [0.05, 0.1) is 12.7 Å². The van der Waals surface area contributed by atoms with Crippen LogP contribution in [0.3, 0.4) is 0 Å². The highest BCUT2D eigenvalue weighted by molar-refractivity contribution is 7.99. The largest absolute Gasteiger partial charge is 0.465 e. The van der Waals surface area contributed by atoms with E-state index >= 15 is 0 Å². The van der Waals surface area contributed by atoms with Crippen LogP contribution in [0.4, 0.5) is 5.69 Å². The molecule has 0 saturated heterocycles. The number of nitrogens with two attached hydrogens (primary N) is 1. The van der Waals surface area contributed by atoms with Crippen LogP contribution in [0.1, 0.15) is 29.2 Å². The molecule has 0 aliphatic heterocycles. The zero-order valence-electron chi connectivity index (χ0n) is 11.3. The van der Waals surface area contributed by atoms with Crippen LogP contribution in [0.15, 0.2) is 33.0 Å². The summed E-state index contributed by atoms with van der Waals surface area (Å²) >= 11 is 1.25. The van der Waals surface area contributed by atoms with Gasteiger partial charge in [-0.3, -0.25) is 4.57 Å². The van der Waals surface area contributed by atoms with Crippen molar-refractivity contribution in [2.24, 2.45) is 0 Å². The maximum Gasteiger partial charge on any atom is 0.344 e. The van der Waals surface area contributed by atoms with Crippen LogP contribution in [0.2, 0.25) is 0 Å². The van der Waals surface area contributed by atoms with E-state index < -0.39 is 5.97 Å². The Labute approximate surface area is 124 Å². The number of esters is 1. The fourth-order valence-electron chi connectivity index (χ4n) is 2.02. The van der Waals surface area contributed by atoms with E-state index in [9.17, 15) is 9.59 Å². The van der Waals surface area contributed by atoms with Crippen molar-refractivity contribution in [1.29, 1.82) is 0 Å². The summed E-state index contributed by atoms with van der Waals surface area (Å²) in [5.74, 6) is -0.472. The van der Waals surface area contributed by atoms with Crippen molar-refractivity contribution < 1.29 is 9.53 Å². The molecule has 3 N–H and O–H groups in total. The summed E-state index contributed by atoms with van der Waals surface area (Å²) in [6.45, 7) is 0. The Kier molecular flexibility index (Phi) is 3.46. The fraction of sp³-hybridized carbons (Fsp3) is 0.308. The van der Waals surface area contributed by atoms with Gasteiger partial charge in [0.1, 0.15) is 0 Å². The van der Waals surface area contributed by atoms with Gasteiger partial charge in [-0.05, 0) is 42.8 Å². The van der Waals surface area contributed by atoms with Crippen LogP contribution in [0.25, 0.3) is 0 Å². The van der Waals surface area contributed by atoms with Gasteiger partial charge in [-0.2, -0.15) is 0 Å². The lowest BCUT2D eigenvalue weighted by atomic mass is 10.2. The molecule has 1 aliphatic carbocycles. The molecule has 3 rings (SSSR count). The number of anilines is 1. The molecule has 110 valence electrons. The third kappa shape index (κ3) is 2.66. The number of ether oxygens (including phenoxy) is 1. The van der Waals surface area contributed by atoms with Crippen molar-refractivity contribution in [1.82, 2.24) is 14.8 Å². The van der Waals surface area contributed by atoms with E-state index in [0.717, 1.165) is 12.8 Å². The Morgan fingerprint density at radius 1 is 1.52 bits per heavy atom. The fourth-order valence-corrected chi connectivity index (χ4v) is 3.03. The Bertz CT molecular complexity index is 748. The highest BCUT2D eigenvalue weighted by atomic mass is 32.2. The molecule has 21 heavy (non-hydrogen) atoms. The van der Waals surface area contributed by atoms with Crippen molar-refractivity contribution in [2.75, 3.05) is 12.8 Å². The number of hydrogen-bond donors (Lipinski definition) is 2. The molecule has 0 bridgehead atoms. The number of aromatic nitrogens is 3. The first-order valence-electron chi connectivity index (χ1n) is 6.42. The minimum Gasteiger partial charge on any atom is -0.465 e. The third-order valence-corrected chi connectivity index (χ3v) is 4.24. The molecule has 2 aromatic rings. The average Bonchev–Trinajstić information content (AvgIpc) is 3.24. The standard InChI is InChI=1S/C13H14N4O3S/c1-20-11(18)9-6-7(14)2-5-10(9)21-13-16-15-12(19)17(13)8-3-4-8/h2,5-6,8H,3-4,14H2,1H3,(H,15,19). The van der Waals surface area contributed by atoms with Crippen molar-refractivity contribution >= 4 is 23.4 Å². The smallest absolute Gasteiger partial charge is 0.344 e. The highest BCUT2D eigenvalue weighted by Crippen LogP contribution is 2.38. The number of nitrogens with one attached hydrogen (secondary N) is 1. The lowest BCUT2D eigenvalue weighted by molar-refractivity contribution is 0.0597. The maximum absolute atomic E-state index is 11.8. The van der Waals surface area contributed by atoms with E-state index in [-0.39, 0.29) is 11.7 Å². The molecule has 1 aromatic carbocycles. The van der Waals surface area contributed by atoms with Gasteiger partial charge in [0.15, 0.2) is 5.16 Å². The number of H-pyrrole nitrogens is 1. The van der Waals surface area contributed by atoms with Crippen LogP contribution >= 0.6 is 11.8 Å². The quantitative estimate of drug-likeness (QED) is 0.654. The predicted octanol–water partition coefficient (Wildman–Crippen LogP) is 1.43. The van der Waals surface area contributed by atoms with E-state index in [0.29, 0.717) is 21.3 Å². The molecule has 1 aliphatic rings. The molecular formula is C13H14N4O3S. The Morgan fingerprint density at radius 2 is 2.29 bits per heavy atom. The summed E-state index contributed by atoms with van der Waals surface area (Å²) in [6.07, 6.45) is 1.94. The molecule has 1 fully saturated rings. The van der Waals surface area contributed by atoms with Gasteiger partial charge >= 0.3 is 11.7 Å². The van der Waals surface area contributed by atoms with Crippen molar-refractivity contribution in [3.05, 3.63) is 34.2 Å². The zero-order valence-corrected chi connectivity index (χ0v) is 12.1. The normalized spacial score (nSPS) is 14.1. The number of nitrogen functional groups attached to an aromatic ring is 1. The maximum atomic E-state index is 11.8. The summed E-state index contributed by atoms with van der Waals surface area (Å²) in [6, 6.07) is 5.18. The molecule has 1 heterocycles. The number of carbonyl (C=O) groups is 1. The van der Waals surface area contributed by atoms with E-state index in [1.54, 1.807) is 22.8 Å². The Morgan fingerprint density at radius 3 is 2.95 bits per heavy atom. The lowest BCUT2D eigenvalue weighted by Crippen LogP contribution is -2.16. The summed E-state index contributed by atoms with van der Waals surface area (Å²) in [5, 5.41) is 7.01. The van der Waals surface area contributed by atoms with Crippen molar-refractivity contribution in [3.8, 4) is 0 Å². The predicted molar refractivity (Wildman–Crippen MR) is 77.4 cm³/mol. The average molecular weight is 306 g/mol. The van der Waals surface area contributed by atoms with Crippen LogP contribution in [-0.2, 0) is 4.74 Å². The van der Waals surface area contributed by atoms with Crippen LogP contribution in [-0.4, -0.2) is 27.8 Å². The van der Waals surface area contributed by atoms with Crippen LogP contribution in [0.5, 0.6) is 0 Å². The second-order valence-corrected chi connectivity index (χ2v) is 5.77. The number of nitrogens with zero attached hydrogens (tertiary/aromatic N) is 2. The third-order valence-electron chi connectivity index (χ3n) is 3.19. The molecule has 0 amide bonds. The van der Waals surface area contributed by atoms with Gasteiger partial charge in [-0.25, -0.2) is 14.7 Å². The molecule has 0 spiro atoms. The van der Waals surface area contributed by atoms with Crippen molar-refractivity contribution in [3.63, 3.8) is 0 Å². The molecule has 1 aromatic heterocycles. The van der Waals surface area contributed by atoms with Crippen LogP contribution < -0.4 is 11.4 Å². The van der Waals surface area contributed by atoms with E-state index in [4.69, 9.17) is 10.5 Å². The van der Waals surface area contributed by atoms with Gasteiger partial charge in [0.25, 0.3) is 0 Å². The first kappa shape index (κ1) is 13.7. The highest BCUT2D eigenvalue weighted by Gasteiger charge is 2.29. The molecule has 1 saturated carbocycles. The van der Waals surface area contributed by atoms with Gasteiger partial charge in [-0.1, -0.05) is 0 Å². The van der Waals surface area contributed by atoms with E-state index in [1.165, 1.54) is 18.9 Å². The summed E-state index contributed by atoms with van der Waals surface area (Å²) in [4.78, 5) is 24.2. The topological polar surface area (TPSA) is 103 Å². The minimum atomic E-state index is -0.472. The molecule has 0 radical (unpaired) electrons. The molecule has 7 nitrogen and oxygen atoms in total. The number of carbonyl (C=O) groups excluding carboxylic acids is 1. The first-order chi connectivity index (χ1) is 10.1. The molecule has 0 unspecified atom stereocenters. The van der Waals surface area contributed by atoms with E-state index in [1.807, 2.05) is 0 Å². The second kappa shape index (κ2) is 5.28. The van der Waals surface area contributed by atoms with Gasteiger partial charge < -0.3 is 10.5 Å². The molecule has 8 heteroatoms. The van der Waals surface area contributed by atoms with Gasteiger partial charge in [0.2, 0.25) is 0 Å². The van der Waals surface area contributed by atoms with Gasteiger partial charge in [0, 0.05) is 16.6 Å². The van der Waals surface area contributed by atoms with Crippen molar-refractivity contribution in [2.45, 2.75) is 28.9 Å². The number of methoxy groups -OCH3 is 1. The summed E-state index contributed by atoms with van der Waals surface area (Å²) < 4.78 is 6.39. The minimum absolute atomic E-state index is 0.203. The monoisotopic (exact) mass is 306 g/mol. The van der Waals surface area contributed by atoms with Gasteiger partial charge in [-0.15, -0.1) is 5.10 Å². The van der Waals surface area contributed by atoms with Crippen LogP contribution in [0, 0.1) is 0 Å². The summed E-state index contributed by atoms with van der Waals surface area (Å²) in [7, 11) is 1.31. The molecule has 0 atom stereocenters.